The fraction of sp³-hybridized carbons (Fsp3) is 0.905. The van der Waals surface area contributed by atoms with Crippen LogP contribution in [-0.4, -0.2) is 96.9 Å². The van der Waals surface area contributed by atoms with E-state index in [-0.39, 0.29) is 31.4 Å². The normalized spacial score (nSPS) is 61.2. The van der Waals surface area contributed by atoms with E-state index in [0.717, 1.165) is 0 Å². The molecular weight excluding hydrogens is 685 g/mol. The number of carbonyl (C=O) groups is 2. The number of halogens is 10. The van der Waals surface area contributed by atoms with Crippen LogP contribution in [0.5, 0.6) is 0 Å². The number of esters is 1. The Kier molecular flexibility index (Phi) is 5.55. The Bertz CT molecular complexity index is 1050. The van der Waals surface area contributed by atoms with Gasteiger partial charge in [0.1, 0.15) is 50.4 Å². The van der Waals surface area contributed by atoms with Crippen LogP contribution < -0.4 is 0 Å². The summed E-state index contributed by atoms with van der Waals surface area (Å²) in [6.45, 7) is 2.92. The molecule has 15 heteroatoms. The standard InChI is InChI=1S/C21H19Cl10NO4/c1-2-36-11(34)8-32-5-3-4-9(7-32)10(33)6-12(35)13(22)15(24)17(26)14(12,23)18(27)16(13,25)19(15,28)21(30,31)20(17,18)29/h9,35H,2-8H2,1H3. The van der Waals surface area contributed by atoms with Crippen LogP contribution >= 0.6 is 116 Å². The van der Waals surface area contributed by atoms with Gasteiger partial charge in [-0.1, -0.05) is 23.2 Å². The van der Waals surface area contributed by atoms with Gasteiger partial charge in [0, 0.05) is 18.9 Å². The summed E-state index contributed by atoms with van der Waals surface area (Å²) in [4.78, 5) is 11.1. The van der Waals surface area contributed by atoms with E-state index < -0.39 is 61.3 Å². The number of carbonyl (C=O) groups excluding carboxylic acids is 2. The molecule has 0 aromatic carbocycles. The maximum Gasteiger partial charge on any atom is 0.320 e. The van der Waals surface area contributed by atoms with Gasteiger partial charge in [0.2, 0.25) is 0 Å². The van der Waals surface area contributed by atoms with E-state index in [2.05, 4.69) is 0 Å². The maximum atomic E-state index is 13.6. The van der Waals surface area contributed by atoms with Gasteiger partial charge in [-0.15, -0.1) is 92.8 Å². The zero-order valence-electron chi connectivity index (χ0n) is 18.4. The molecule has 0 amide bonds. The van der Waals surface area contributed by atoms with Gasteiger partial charge < -0.3 is 9.84 Å². The van der Waals surface area contributed by atoms with E-state index in [1.807, 2.05) is 4.90 Å². The van der Waals surface area contributed by atoms with Crippen LogP contribution in [0.2, 0.25) is 0 Å². The van der Waals surface area contributed by atoms with Crippen molar-refractivity contribution >= 4 is 128 Å². The highest BCUT2D eigenvalue weighted by Gasteiger charge is 3.32. The molecular formula is C21H19Cl10NO4. The molecule has 1 heterocycles. The summed E-state index contributed by atoms with van der Waals surface area (Å²) in [5.41, 5.74) is -2.32. The number of alkyl halides is 10. The van der Waals surface area contributed by atoms with Crippen LogP contribution in [0.3, 0.4) is 0 Å². The third-order valence-electron chi connectivity index (χ3n) is 9.80. The molecule has 7 fully saturated rings. The first-order chi connectivity index (χ1) is 16.3. The molecule has 7 aliphatic rings. The summed E-state index contributed by atoms with van der Waals surface area (Å²) < 4.78 is 2.93. The minimum atomic E-state index is -2.32. The van der Waals surface area contributed by atoms with E-state index in [0.29, 0.717) is 19.4 Å². The maximum absolute atomic E-state index is 13.6. The number of nitrogens with zero attached hydrogens (tertiary/aromatic N) is 1. The topological polar surface area (TPSA) is 66.8 Å². The molecule has 202 valence electrons. The number of aliphatic hydroxyl groups is 1. The largest absolute Gasteiger partial charge is 0.465 e. The monoisotopic (exact) mass is 699 g/mol. The first-order valence-electron chi connectivity index (χ1n) is 11.3. The zero-order valence-corrected chi connectivity index (χ0v) is 26.0. The molecule has 1 N–H and O–H groups in total. The first kappa shape index (κ1) is 28.1. The Morgan fingerprint density at radius 1 is 0.833 bits per heavy atom. The molecule has 1 aliphatic heterocycles. The van der Waals surface area contributed by atoms with Gasteiger partial charge in [-0.25, -0.2) is 0 Å². The minimum absolute atomic E-state index is 0.0446. The lowest BCUT2D eigenvalue weighted by molar-refractivity contribution is -0.146. The molecule has 0 aromatic rings. The lowest BCUT2D eigenvalue weighted by Gasteiger charge is -2.81. The number of ketones is 1. The van der Waals surface area contributed by atoms with Crippen molar-refractivity contribution in [3.8, 4) is 0 Å². The second kappa shape index (κ2) is 7.11. The lowest BCUT2D eigenvalue weighted by atomic mass is 9.41. The number of hydrogen-bond donors (Lipinski definition) is 1. The summed E-state index contributed by atoms with van der Waals surface area (Å²) in [6, 6.07) is 0. The highest BCUT2D eigenvalue weighted by molar-refractivity contribution is 6.78. The van der Waals surface area contributed by atoms with Crippen LogP contribution in [0.15, 0.2) is 0 Å². The summed E-state index contributed by atoms with van der Waals surface area (Å²) in [5.74, 6) is -1.29. The van der Waals surface area contributed by atoms with Gasteiger partial charge in [0.25, 0.3) is 0 Å². The van der Waals surface area contributed by atoms with Crippen LogP contribution in [0.4, 0.5) is 0 Å². The highest BCUT2D eigenvalue weighted by atomic mass is 35.5. The summed E-state index contributed by atoms with van der Waals surface area (Å²) in [6.07, 6.45) is 0.613. The Labute approximate surface area is 257 Å². The molecule has 6 saturated carbocycles. The molecule has 0 spiro atoms. The van der Waals surface area contributed by atoms with Gasteiger partial charge in [-0.05, 0) is 26.3 Å². The minimum Gasteiger partial charge on any atom is -0.465 e. The van der Waals surface area contributed by atoms with Crippen LogP contribution in [0, 0.1) is 5.92 Å². The Morgan fingerprint density at radius 2 is 1.31 bits per heavy atom. The van der Waals surface area contributed by atoms with Crippen LogP contribution in [-0.2, 0) is 14.3 Å². The molecule has 0 radical (unpaired) electrons. The van der Waals surface area contributed by atoms with Gasteiger partial charge in [-0.2, -0.15) is 0 Å². The molecule has 0 aromatic heterocycles. The Balaban J connectivity index is 1.37. The SMILES string of the molecule is CCOC(=O)CN1CCCC(C(=O)CC2(O)C3(Cl)C4(Cl)C5(Cl)C(Cl)(Cl)C6(Cl)C4(Cl)C2(Cl)C6(Cl)C53Cl)C1. The third-order valence-corrected chi connectivity index (χ3v) is 19.2. The molecule has 6 aliphatic carbocycles. The predicted molar refractivity (Wildman–Crippen MR) is 143 cm³/mol. The Morgan fingerprint density at radius 3 is 1.75 bits per heavy atom. The molecule has 1 saturated heterocycles. The highest BCUT2D eigenvalue weighted by Crippen LogP contribution is 3.12. The first-order valence-corrected chi connectivity index (χ1v) is 15.1. The van der Waals surface area contributed by atoms with Crippen molar-refractivity contribution < 1.29 is 19.4 Å². The lowest BCUT2D eigenvalue weighted by Crippen LogP contribution is -3.03. The number of piperidine rings is 1. The molecule has 5 atom stereocenters. The molecule has 36 heavy (non-hydrogen) atoms. The van der Waals surface area contributed by atoms with Crippen molar-refractivity contribution in [2.45, 2.75) is 75.1 Å². The fourth-order valence-corrected chi connectivity index (χ4v) is 17.5. The number of hydrogen-bond acceptors (Lipinski definition) is 5. The average Bonchev–Trinajstić information content (AvgIpc) is 3.02. The van der Waals surface area contributed by atoms with Gasteiger partial charge in [-0.3, -0.25) is 14.5 Å². The van der Waals surface area contributed by atoms with Crippen LogP contribution in [0.1, 0.15) is 26.2 Å². The predicted octanol–water partition coefficient (Wildman–Crippen LogP) is 5.01. The second-order valence-electron chi connectivity index (χ2n) is 10.7. The Hall–Kier alpha value is 1.96. The van der Waals surface area contributed by atoms with Gasteiger partial charge >= 0.3 is 5.97 Å². The van der Waals surface area contributed by atoms with E-state index in [9.17, 15) is 14.7 Å². The summed E-state index contributed by atoms with van der Waals surface area (Å²) >= 11 is 70.0. The number of Topliss-reactive ketones (excluding diaryl/α,β-unsaturated/α-hetero) is 1. The fourth-order valence-electron chi connectivity index (χ4n) is 8.64. The molecule has 4 bridgehead atoms. The smallest absolute Gasteiger partial charge is 0.320 e. The quantitative estimate of drug-likeness (QED) is 0.311. The van der Waals surface area contributed by atoms with Crippen molar-refractivity contribution in [3.05, 3.63) is 0 Å². The second-order valence-corrected chi connectivity index (χ2v) is 16.6. The molecule has 5 nitrogen and oxygen atoms in total. The van der Waals surface area contributed by atoms with E-state index >= 15 is 0 Å². The zero-order chi connectivity index (χ0) is 27.0. The summed E-state index contributed by atoms with van der Waals surface area (Å²) in [5, 5.41) is 12.3. The number of ether oxygens (including phenoxy) is 1. The van der Waals surface area contributed by atoms with E-state index in [1.54, 1.807) is 6.92 Å². The van der Waals surface area contributed by atoms with Crippen molar-refractivity contribution in [2.24, 2.45) is 5.92 Å². The number of likely N-dealkylation sites (tertiary alicyclic amines) is 1. The summed E-state index contributed by atoms with van der Waals surface area (Å²) in [7, 11) is 0. The van der Waals surface area contributed by atoms with E-state index in [4.69, 9.17) is 121 Å². The van der Waals surface area contributed by atoms with Gasteiger partial charge in [0.15, 0.2) is 4.33 Å². The van der Waals surface area contributed by atoms with Crippen LogP contribution in [0.25, 0.3) is 0 Å². The van der Waals surface area contributed by atoms with Crippen molar-refractivity contribution in [1.82, 2.24) is 4.90 Å². The van der Waals surface area contributed by atoms with E-state index in [1.165, 1.54) is 0 Å². The van der Waals surface area contributed by atoms with Crippen molar-refractivity contribution in [3.63, 3.8) is 0 Å². The average molecular weight is 704 g/mol. The van der Waals surface area contributed by atoms with Crippen molar-refractivity contribution in [1.29, 1.82) is 0 Å². The number of rotatable bonds is 6. The van der Waals surface area contributed by atoms with Crippen molar-refractivity contribution in [2.75, 3.05) is 26.2 Å². The molecule has 7 rings (SSSR count). The third kappa shape index (κ3) is 1.85. The molecule has 5 unspecified atom stereocenters. The van der Waals surface area contributed by atoms with Gasteiger partial charge in [0.05, 0.1) is 13.2 Å².